The number of hydrogen-bond donors (Lipinski definition) is 2. The molecule has 0 aliphatic heterocycles. The van der Waals surface area contributed by atoms with Gasteiger partial charge in [0.25, 0.3) is 0 Å². The van der Waals surface area contributed by atoms with Crippen molar-refractivity contribution >= 4 is 0 Å². The van der Waals surface area contributed by atoms with Gasteiger partial charge in [-0.1, -0.05) is 0 Å². The van der Waals surface area contributed by atoms with Crippen molar-refractivity contribution in [1.29, 1.82) is 0 Å². The van der Waals surface area contributed by atoms with Crippen LogP contribution >= 0.6 is 0 Å². The highest BCUT2D eigenvalue weighted by molar-refractivity contribution is 4.50. The monoisotopic (exact) mass is 134 g/mol. The summed E-state index contributed by atoms with van der Waals surface area (Å²) < 4.78 is 5.05. The Labute approximate surface area is 55.3 Å². The molecule has 9 heavy (non-hydrogen) atoms. The lowest BCUT2D eigenvalue weighted by molar-refractivity contribution is -0.0424. The number of aliphatic hydroxyl groups is 2. The van der Waals surface area contributed by atoms with E-state index in [1.165, 1.54) is 0 Å². The molecule has 0 rings (SSSR count). The van der Waals surface area contributed by atoms with Crippen LogP contribution < -0.4 is 0 Å². The number of ether oxygens (including phenoxy) is 1. The van der Waals surface area contributed by atoms with E-state index in [1.54, 1.807) is 13.8 Å². The average molecular weight is 134 g/mol. The molecule has 2 atom stereocenters. The van der Waals surface area contributed by atoms with E-state index in [1.807, 2.05) is 0 Å². The van der Waals surface area contributed by atoms with Gasteiger partial charge < -0.3 is 14.9 Å². The van der Waals surface area contributed by atoms with Crippen LogP contribution in [0.5, 0.6) is 0 Å². The van der Waals surface area contributed by atoms with E-state index >= 15 is 0 Å². The van der Waals surface area contributed by atoms with E-state index in [9.17, 15) is 0 Å². The molecule has 0 aromatic carbocycles. The van der Waals surface area contributed by atoms with Gasteiger partial charge in [-0.05, 0) is 13.8 Å². The van der Waals surface area contributed by atoms with Crippen molar-refractivity contribution in [1.82, 2.24) is 0 Å². The fourth-order valence-corrected chi connectivity index (χ4v) is 0.483. The predicted molar refractivity (Wildman–Crippen MR) is 34.2 cm³/mol. The maximum atomic E-state index is 8.47. The third-order valence-electron chi connectivity index (χ3n) is 0.979. The third-order valence-corrected chi connectivity index (χ3v) is 0.979. The summed E-state index contributed by atoms with van der Waals surface area (Å²) in [5.41, 5.74) is 0. The van der Waals surface area contributed by atoms with Crippen molar-refractivity contribution in [3.63, 3.8) is 0 Å². The van der Waals surface area contributed by atoms with Crippen LogP contribution in [0.2, 0.25) is 0 Å². The summed E-state index contributed by atoms with van der Waals surface area (Å²) in [6.45, 7) is 3.52. The van der Waals surface area contributed by atoms with Crippen LogP contribution in [0.3, 0.4) is 0 Å². The van der Waals surface area contributed by atoms with Crippen molar-refractivity contribution in [3.8, 4) is 0 Å². The zero-order chi connectivity index (χ0) is 7.28. The van der Waals surface area contributed by atoms with E-state index in [-0.39, 0.29) is 25.4 Å². The standard InChI is InChI=1S/C6H14O3/c1-5(3-7)9-6(2)4-8/h5-8H,3-4H2,1-2H3/t5-,6-/m0/s1. The van der Waals surface area contributed by atoms with Gasteiger partial charge in [0, 0.05) is 0 Å². The first-order valence-corrected chi connectivity index (χ1v) is 3.08. The highest BCUT2D eigenvalue weighted by Gasteiger charge is 2.04. The molecule has 0 aliphatic carbocycles. The molecule has 56 valence electrons. The lowest BCUT2D eigenvalue weighted by Crippen LogP contribution is -2.22. The summed E-state index contributed by atoms with van der Waals surface area (Å²) in [5.74, 6) is 0. The van der Waals surface area contributed by atoms with Crippen molar-refractivity contribution < 1.29 is 14.9 Å². The van der Waals surface area contributed by atoms with Gasteiger partial charge in [0.2, 0.25) is 0 Å². The summed E-state index contributed by atoms with van der Waals surface area (Å²) in [7, 11) is 0. The van der Waals surface area contributed by atoms with Crippen LogP contribution in [0.1, 0.15) is 13.8 Å². The summed E-state index contributed by atoms with van der Waals surface area (Å²) in [5, 5.41) is 16.9. The van der Waals surface area contributed by atoms with Gasteiger partial charge in [0.15, 0.2) is 0 Å². The van der Waals surface area contributed by atoms with Crippen LogP contribution in [-0.4, -0.2) is 35.6 Å². The smallest absolute Gasteiger partial charge is 0.0782 e. The van der Waals surface area contributed by atoms with Crippen LogP contribution in [0.25, 0.3) is 0 Å². The van der Waals surface area contributed by atoms with E-state index in [0.29, 0.717) is 0 Å². The first-order valence-electron chi connectivity index (χ1n) is 3.08. The summed E-state index contributed by atoms with van der Waals surface area (Å²) in [4.78, 5) is 0. The predicted octanol–water partition coefficient (Wildman–Crippen LogP) is -0.235. The van der Waals surface area contributed by atoms with Gasteiger partial charge >= 0.3 is 0 Å². The fourth-order valence-electron chi connectivity index (χ4n) is 0.483. The van der Waals surface area contributed by atoms with Gasteiger partial charge in [-0.3, -0.25) is 0 Å². The van der Waals surface area contributed by atoms with Gasteiger partial charge in [-0.2, -0.15) is 0 Å². The molecule has 0 fully saturated rings. The zero-order valence-corrected chi connectivity index (χ0v) is 5.87. The number of aliphatic hydroxyl groups excluding tert-OH is 2. The third kappa shape index (κ3) is 4.39. The van der Waals surface area contributed by atoms with Gasteiger partial charge in [-0.25, -0.2) is 0 Å². The molecule has 0 unspecified atom stereocenters. The average Bonchev–Trinajstić information content (AvgIpc) is 1.87. The van der Waals surface area contributed by atoms with Gasteiger partial charge in [-0.15, -0.1) is 0 Å². The molecule has 2 N–H and O–H groups in total. The Balaban J connectivity index is 3.22. The van der Waals surface area contributed by atoms with Crippen LogP contribution in [0.4, 0.5) is 0 Å². The van der Waals surface area contributed by atoms with Gasteiger partial charge in [0.05, 0.1) is 25.4 Å². The molecule has 0 spiro atoms. The molecule has 0 aromatic rings. The number of rotatable bonds is 4. The molecule has 0 amide bonds. The number of hydrogen-bond acceptors (Lipinski definition) is 3. The van der Waals surface area contributed by atoms with Crippen molar-refractivity contribution in [2.45, 2.75) is 26.1 Å². The largest absolute Gasteiger partial charge is 0.394 e. The van der Waals surface area contributed by atoms with Gasteiger partial charge in [0.1, 0.15) is 0 Å². The lowest BCUT2D eigenvalue weighted by Gasteiger charge is -2.14. The van der Waals surface area contributed by atoms with Crippen LogP contribution in [0.15, 0.2) is 0 Å². The van der Waals surface area contributed by atoms with E-state index in [4.69, 9.17) is 14.9 Å². The molecule has 3 nitrogen and oxygen atoms in total. The molecular formula is C6H14O3. The Kier molecular flexibility index (Phi) is 4.67. The second-order valence-electron chi connectivity index (χ2n) is 2.12. The van der Waals surface area contributed by atoms with Crippen molar-refractivity contribution in [3.05, 3.63) is 0 Å². The maximum absolute atomic E-state index is 8.47. The van der Waals surface area contributed by atoms with Crippen molar-refractivity contribution in [2.24, 2.45) is 0 Å². The molecular weight excluding hydrogens is 120 g/mol. The summed E-state index contributed by atoms with van der Waals surface area (Å²) in [6.07, 6.45) is -0.348. The fraction of sp³-hybridized carbons (Fsp3) is 1.00. The maximum Gasteiger partial charge on any atom is 0.0782 e. The zero-order valence-electron chi connectivity index (χ0n) is 5.87. The summed E-state index contributed by atoms with van der Waals surface area (Å²) >= 11 is 0. The Bertz CT molecular complexity index is 57.3. The molecule has 0 saturated carbocycles. The van der Waals surface area contributed by atoms with Crippen LogP contribution in [0, 0.1) is 0 Å². The molecule has 3 heteroatoms. The molecule has 0 saturated heterocycles. The SMILES string of the molecule is C[C@@H](CO)O[C@@H](C)CO. The normalized spacial score (nSPS) is 17.3. The first-order chi connectivity index (χ1) is 4.20. The van der Waals surface area contributed by atoms with E-state index in [0.717, 1.165) is 0 Å². The quantitative estimate of drug-likeness (QED) is 0.558. The Morgan fingerprint density at radius 3 is 1.67 bits per heavy atom. The first kappa shape index (κ1) is 8.88. The topological polar surface area (TPSA) is 49.7 Å². The second kappa shape index (κ2) is 4.73. The molecule has 0 radical (unpaired) electrons. The minimum absolute atomic E-state index is 0.00431. The highest BCUT2D eigenvalue weighted by Crippen LogP contribution is 1.94. The van der Waals surface area contributed by atoms with Crippen LogP contribution in [-0.2, 0) is 4.74 Å². The van der Waals surface area contributed by atoms with E-state index in [2.05, 4.69) is 0 Å². The minimum atomic E-state index is -0.174. The molecule has 0 bridgehead atoms. The van der Waals surface area contributed by atoms with Crippen molar-refractivity contribution in [2.75, 3.05) is 13.2 Å². The lowest BCUT2D eigenvalue weighted by atomic mass is 10.4. The Hall–Kier alpha value is -0.120. The Morgan fingerprint density at radius 1 is 1.11 bits per heavy atom. The second-order valence-corrected chi connectivity index (χ2v) is 2.12. The molecule has 0 aliphatic rings. The highest BCUT2D eigenvalue weighted by atomic mass is 16.5. The molecule has 0 heterocycles. The van der Waals surface area contributed by atoms with E-state index < -0.39 is 0 Å². The summed E-state index contributed by atoms with van der Waals surface area (Å²) in [6, 6.07) is 0. The Morgan fingerprint density at radius 2 is 1.44 bits per heavy atom. The minimum Gasteiger partial charge on any atom is -0.394 e. The molecule has 0 aromatic heterocycles.